The first-order valence-electron chi connectivity index (χ1n) is 8.85. The van der Waals surface area contributed by atoms with Crippen LogP contribution in [0.25, 0.3) is 0 Å². The highest BCUT2D eigenvalue weighted by molar-refractivity contribution is 7.07. The van der Waals surface area contributed by atoms with Gasteiger partial charge < -0.3 is 9.64 Å². The lowest BCUT2D eigenvalue weighted by Gasteiger charge is -2.22. The second-order valence-corrected chi connectivity index (χ2v) is 7.13. The molecule has 0 bridgehead atoms. The number of amides is 3. The van der Waals surface area contributed by atoms with Crippen LogP contribution < -0.4 is 0 Å². The molecule has 1 aliphatic heterocycles. The number of hydrogen-bond acceptors (Lipinski definition) is 5. The van der Waals surface area contributed by atoms with Gasteiger partial charge in [-0.05, 0) is 40.9 Å². The lowest BCUT2D eigenvalue weighted by molar-refractivity contribution is -0.132. The number of methoxy groups -OCH3 is 1. The van der Waals surface area contributed by atoms with Crippen LogP contribution in [0.15, 0.2) is 41.1 Å². The highest BCUT2D eigenvalue weighted by Crippen LogP contribution is 2.22. The number of nitrogens with zero attached hydrogens (tertiary/aromatic N) is 2. The summed E-state index contributed by atoms with van der Waals surface area (Å²) in [5.41, 5.74) is 1.96. The molecule has 2 heterocycles. The Kier molecular flexibility index (Phi) is 6.36. The molecule has 1 aromatic heterocycles. The van der Waals surface area contributed by atoms with E-state index in [1.165, 1.54) is 4.90 Å². The minimum atomic E-state index is -0.280. The number of imide groups is 1. The van der Waals surface area contributed by atoms with Gasteiger partial charge in [-0.15, -0.1) is 0 Å². The van der Waals surface area contributed by atoms with Crippen LogP contribution in [0, 0.1) is 0 Å². The molecule has 142 valence electrons. The van der Waals surface area contributed by atoms with Gasteiger partial charge in [0.25, 0.3) is 11.8 Å². The van der Waals surface area contributed by atoms with Crippen molar-refractivity contribution in [2.24, 2.45) is 0 Å². The number of benzene rings is 1. The number of carbonyl (C=O) groups excluding carboxylic acids is 3. The number of hydrogen-bond donors (Lipinski definition) is 0. The van der Waals surface area contributed by atoms with Gasteiger partial charge in [0, 0.05) is 33.2 Å². The third-order valence-electron chi connectivity index (χ3n) is 4.52. The van der Waals surface area contributed by atoms with Crippen molar-refractivity contribution in [3.8, 4) is 0 Å². The van der Waals surface area contributed by atoms with Gasteiger partial charge in [0.1, 0.15) is 0 Å². The first-order valence-corrected chi connectivity index (χ1v) is 9.79. The summed E-state index contributed by atoms with van der Waals surface area (Å²) >= 11 is 1.60. The van der Waals surface area contributed by atoms with Crippen LogP contribution in [0.1, 0.15) is 39.1 Å². The van der Waals surface area contributed by atoms with Crippen molar-refractivity contribution in [3.63, 3.8) is 0 Å². The molecule has 0 unspecified atom stereocenters. The summed E-state index contributed by atoms with van der Waals surface area (Å²) < 4.78 is 5.10. The van der Waals surface area contributed by atoms with E-state index >= 15 is 0 Å². The maximum Gasteiger partial charge on any atom is 0.261 e. The highest BCUT2D eigenvalue weighted by Gasteiger charge is 2.34. The molecule has 0 saturated carbocycles. The summed E-state index contributed by atoms with van der Waals surface area (Å²) in [5.74, 6) is -0.565. The molecule has 0 radical (unpaired) electrons. The number of fused-ring (bicyclic) bond motifs is 1. The van der Waals surface area contributed by atoms with Crippen LogP contribution in [-0.4, -0.2) is 54.3 Å². The van der Waals surface area contributed by atoms with Crippen molar-refractivity contribution in [3.05, 3.63) is 57.8 Å². The summed E-state index contributed by atoms with van der Waals surface area (Å²) in [6.45, 7) is 1.76. The maximum absolute atomic E-state index is 12.6. The van der Waals surface area contributed by atoms with Crippen LogP contribution >= 0.6 is 11.3 Å². The van der Waals surface area contributed by atoms with Gasteiger partial charge in [-0.1, -0.05) is 12.1 Å². The van der Waals surface area contributed by atoms with Gasteiger partial charge in [-0.2, -0.15) is 11.3 Å². The zero-order valence-electron chi connectivity index (χ0n) is 15.2. The predicted molar refractivity (Wildman–Crippen MR) is 103 cm³/mol. The van der Waals surface area contributed by atoms with E-state index < -0.39 is 0 Å². The molecule has 0 N–H and O–H groups in total. The summed E-state index contributed by atoms with van der Waals surface area (Å²) in [5, 5.41) is 4.00. The zero-order valence-corrected chi connectivity index (χ0v) is 16.0. The van der Waals surface area contributed by atoms with E-state index in [9.17, 15) is 14.4 Å². The average molecular weight is 386 g/mol. The van der Waals surface area contributed by atoms with Crippen molar-refractivity contribution in [1.29, 1.82) is 0 Å². The fraction of sp³-hybridized carbons (Fsp3) is 0.350. The summed E-state index contributed by atoms with van der Waals surface area (Å²) in [6, 6.07) is 8.81. The first-order chi connectivity index (χ1) is 13.1. The van der Waals surface area contributed by atoms with Gasteiger partial charge in [-0.25, -0.2) is 0 Å². The molecule has 0 saturated heterocycles. The normalized spacial score (nSPS) is 13.1. The summed E-state index contributed by atoms with van der Waals surface area (Å²) in [4.78, 5) is 40.3. The van der Waals surface area contributed by atoms with Gasteiger partial charge in [0.15, 0.2) is 0 Å². The largest absolute Gasteiger partial charge is 0.383 e. The molecule has 2 aromatic rings. The first kappa shape index (κ1) is 19.3. The lowest BCUT2D eigenvalue weighted by Crippen LogP contribution is -2.35. The van der Waals surface area contributed by atoms with E-state index in [2.05, 4.69) is 0 Å². The Morgan fingerprint density at radius 3 is 2.44 bits per heavy atom. The Morgan fingerprint density at radius 1 is 1.15 bits per heavy atom. The molecule has 0 atom stereocenters. The molecule has 3 rings (SSSR count). The van der Waals surface area contributed by atoms with Crippen LogP contribution in [0.4, 0.5) is 0 Å². The molecular weight excluding hydrogens is 364 g/mol. The Bertz CT molecular complexity index is 784. The van der Waals surface area contributed by atoms with Crippen LogP contribution in [0.5, 0.6) is 0 Å². The van der Waals surface area contributed by atoms with Gasteiger partial charge in [-0.3, -0.25) is 19.3 Å². The van der Waals surface area contributed by atoms with Crippen molar-refractivity contribution < 1.29 is 19.1 Å². The Labute approximate surface area is 162 Å². The molecule has 27 heavy (non-hydrogen) atoms. The van der Waals surface area contributed by atoms with Crippen LogP contribution in [0.3, 0.4) is 0 Å². The van der Waals surface area contributed by atoms with Crippen molar-refractivity contribution in [1.82, 2.24) is 9.80 Å². The molecule has 1 aromatic carbocycles. The minimum Gasteiger partial charge on any atom is -0.383 e. The fourth-order valence-electron chi connectivity index (χ4n) is 3.09. The Balaban J connectivity index is 1.55. The Morgan fingerprint density at radius 2 is 1.85 bits per heavy atom. The molecule has 0 aliphatic carbocycles. The van der Waals surface area contributed by atoms with E-state index in [0.29, 0.717) is 37.2 Å². The molecule has 0 fully saturated rings. The monoisotopic (exact) mass is 386 g/mol. The van der Waals surface area contributed by atoms with E-state index in [1.807, 2.05) is 16.8 Å². The highest BCUT2D eigenvalue weighted by atomic mass is 32.1. The number of rotatable bonds is 9. The molecule has 7 heteroatoms. The summed E-state index contributed by atoms with van der Waals surface area (Å²) in [6.07, 6.45) is 0.721. The van der Waals surface area contributed by atoms with Crippen molar-refractivity contribution in [2.75, 3.05) is 26.8 Å². The number of carbonyl (C=O) groups is 3. The number of thiophene rings is 1. The van der Waals surface area contributed by atoms with Gasteiger partial charge >= 0.3 is 0 Å². The van der Waals surface area contributed by atoms with E-state index in [4.69, 9.17) is 4.74 Å². The average Bonchev–Trinajstić information content (AvgIpc) is 3.27. The quantitative estimate of drug-likeness (QED) is 0.622. The predicted octanol–water partition coefficient (Wildman–Crippen LogP) is 2.80. The summed E-state index contributed by atoms with van der Waals surface area (Å²) in [7, 11) is 1.61. The maximum atomic E-state index is 12.6. The van der Waals surface area contributed by atoms with Gasteiger partial charge in [0.2, 0.25) is 5.91 Å². The molecule has 3 amide bonds. The van der Waals surface area contributed by atoms with E-state index in [-0.39, 0.29) is 30.7 Å². The number of ether oxygens (including phenoxy) is 1. The standard InChI is InChI=1S/C20H22N2O4S/c1-26-11-10-21(13-15-8-12-27-14-15)18(23)7-4-9-22-19(24)16-5-2-3-6-17(16)20(22)25/h2-3,5-6,8,12,14H,4,7,9-11,13H2,1H3. The van der Waals surface area contributed by atoms with Crippen LogP contribution in [0.2, 0.25) is 0 Å². The molecular formula is C20H22N2O4S. The minimum absolute atomic E-state index is 0.00476. The van der Waals surface area contributed by atoms with Crippen molar-refractivity contribution >= 4 is 29.1 Å². The molecule has 1 aliphatic rings. The van der Waals surface area contributed by atoms with E-state index in [0.717, 1.165) is 5.56 Å². The third-order valence-corrected chi connectivity index (χ3v) is 5.25. The van der Waals surface area contributed by atoms with Crippen LogP contribution in [-0.2, 0) is 16.1 Å². The topological polar surface area (TPSA) is 66.9 Å². The smallest absolute Gasteiger partial charge is 0.261 e. The van der Waals surface area contributed by atoms with E-state index in [1.54, 1.807) is 47.6 Å². The lowest BCUT2D eigenvalue weighted by atomic mass is 10.1. The fourth-order valence-corrected chi connectivity index (χ4v) is 3.74. The molecule has 0 spiro atoms. The second-order valence-electron chi connectivity index (χ2n) is 6.35. The van der Waals surface area contributed by atoms with Gasteiger partial charge in [0.05, 0.1) is 17.7 Å². The second kappa shape index (κ2) is 8.92. The SMILES string of the molecule is COCCN(Cc1ccsc1)C(=O)CCCN1C(=O)c2ccccc2C1=O. The van der Waals surface area contributed by atoms with Crippen molar-refractivity contribution in [2.45, 2.75) is 19.4 Å². The zero-order chi connectivity index (χ0) is 19.2. The molecule has 6 nitrogen and oxygen atoms in total. The third kappa shape index (κ3) is 4.43. The Hall–Kier alpha value is -2.51.